The molecule has 0 aliphatic carbocycles. The lowest BCUT2D eigenvalue weighted by molar-refractivity contribution is -0.133. The third-order valence-electron chi connectivity index (χ3n) is 3.21. The van der Waals surface area contributed by atoms with Gasteiger partial charge in [-0.15, -0.1) is 0 Å². The van der Waals surface area contributed by atoms with E-state index in [-0.39, 0.29) is 17.5 Å². The number of carbonyl (C=O) groups excluding carboxylic acids is 1. The minimum absolute atomic E-state index is 0.0442. The number of amides is 1. The van der Waals surface area contributed by atoms with E-state index in [4.69, 9.17) is 16.3 Å². The minimum Gasteiger partial charge on any atom is -0.484 e. The highest BCUT2D eigenvalue weighted by Crippen LogP contribution is 2.20. The summed E-state index contributed by atoms with van der Waals surface area (Å²) in [5, 5.41) is 0.0474. The summed E-state index contributed by atoms with van der Waals surface area (Å²) in [4.78, 5) is 13.8. The van der Waals surface area contributed by atoms with Crippen molar-refractivity contribution in [2.24, 2.45) is 0 Å². The average molecular weight is 286 g/mol. The van der Waals surface area contributed by atoms with E-state index in [2.05, 4.69) is 0 Å². The summed E-state index contributed by atoms with van der Waals surface area (Å²) in [6.07, 6.45) is 4.43. The molecule has 0 spiro atoms. The van der Waals surface area contributed by atoms with E-state index in [1.807, 2.05) is 4.90 Å². The molecule has 1 aliphatic heterocycles. The Kier molecular flexibility index (Phi) is 5.02. The number of hydrogen-bond acceptors (Lipinski definition) is 2. The zero-order valence-corrected chi connectivity index (χ0v) is 11.5. The van der Waals surface area contributed by atoms with Crippen molar-refractivity contribution in [3.63, 3.8) is 0 Å². The van der Waals surface area contributed by atoms with Gasteiger partial charge >= 0.3 is 0 Å². The Hall–Kier alpha value is -1.29. The van der Waals surface area contributed by atoms with Crippen LogP contribution < -0.4 is 4.74 Å². The summed E-state index contributed by atoms with van der Waals surface area (Å²) in [5.74, 6) is -0.260. The molecule has 19 heavy (non-hydrogen) atoms. The molecule has 1 heterocycles. The van der Waals surface area contributed by atoms with Gasteiger partial charge in [0.05, 0.1) is 5.02 Å². The average Bonchev–Trinajstić information content (AvgIpc) is 2.69. The first-order chi connectivity index (χ1) is 9.16. The summed E-state index contributed by atoms with van der Waals surface area (Å²) in [5.41, 5.74) is 0. The summed E-state index contributed by atoms with van der Waals surface area (Å²) in [6.45, 7) is 1.52. The van der Waals surface area contributed by atoms with Crippen molar-refractivity contribution >= 4 is 17.5 Å². The normalized spacial score (nSPS) is 16.0. The first-order valence-electron chi connectivity index (χ1n) is 6.52. The lowest BCUT2D eigenvalue weighted by atomic mass is 10.2. The number of ether oxygens (including phenoxy) is 1. The molecule has 3 nitrogen and oxygen atoms in total. The molecule has 1 amide bonds. The molecule has 1 aromatic rings. The van der Waals surface area contributed by atoms with Gasteiger partial charge in [-0.3, -0.25) is 4.79 Å². The van der Waals surface area contributed by atoms with Gasteiger partial charge in [0.1, 0.15) is 11.6 Å². The van der Waals surface area contributed by atoms with Gasteiger partial charge < -0.3 is 9.64 Å². The zero-order chi connectivity index (χ0) is 13.7. The Morgan fingerprint density at radius 3 is 2.58 bits per heavy atom. The fraction of sp³-hybridized carbons (Fsp3) is 0.500. The lowest BCUT2D eigenvalue weighted by Gasteiger charge is -2.20. The first-order valence-corrected chi connectivity index (χ1v) is 6.90. The SMILES string of the molecule is O=C(COc1ccc(Cl)c(F)c1)N1CCCCCC1. The molecule has 1 fully saturated rings. The maximum absolute atomic E-state index is 13.2. The molecule has 5 heteroatoms. The monoisotopic (exact) mass is 285 g/mol. The summed E-state index contributed by atoms with van der Waals surface area (Å²) in [6, 6.07) is 4.17. The van der Waals surface area contributed by atoms with Crippen LogP contribution in [0.25, 0.3) is 0 Å². The van der Waals surface area contributed by atoms with Crippen molar-refractivity contribution in [1.82, 2.24) is 4.90 Å². The molecule has 1 aliphatic rings. The van der Waals surface area contributed by atoms with Crippen LogP contribution in [-0.2, 0) is 4.79 Å². The molecule has 0 atom stereocenters. The minimum atomic E-state index is -0.540. The van der Waals surface area contributed by atoms with Gasteiger partial charge in [0, 0.05) is 19.2 Å². The number of hydrogen-bond donors (Lipinski definition) is 0. The predicted molar refractivity (Wildman–Crippen MR) is 72.0 cm³/mol. The van der Waals surface area contributed by atoms with Crippen LogP contribution in [0, 0.1) is 5.82 Å². The fourth-order valence-corrected chi connectivity index (χ4v) is 2.24. The molecule has 0 unspecified atom stereocenters. The van der Waals surface area contributed by atoms with Crippen LogP contribution in [0.4, 0.5) is 4.39 Å². The second-order valence-electron chi connectivity index (χ2n) is 4.66. The van der Waals surface area contributed by atoms with Crippen molar-refractivity contribution in [3.8, 4) is 5.75 Å². The fourth-order valence-electron chi connectivity index (χ4n) is 2.12. The molecule has 0 N–H and O–H groups in total. The van der Waals surface area contributed by atoms with Gasteiger partial charge in [0.15, 0.2) is 6.61 Å². The molecule has 0 saturated carbocycles. The number of carbonyl (C=O) groups is 1. The third-order valence-corrected chi connectivity index (χ3v) is 3.52. The standard InChI is InChI=1S/C14H17ClFNO2/c15-12-6-5-11(9-13(12)16)19-10-14(18)17-7-3-1-2-4-8-17/h5-6,9H,1-4,7-8,10H2. The van der Waals surface area contributed by atoms with Crippen molar-refractivity contribution in [3.05, 3.63) is 29.0 Å². The molecule has 2 rings (SSSR count). The van der Waals surface area contributed by atoms with Crippen LogP contribution in [0.1, 0.15) is 25.7 Å². The highest BCUT2D eigenvalue weighted by molar-refractivity contribution is 6.30. The molecule has 1 aromatic carbocycles. The van der Waals surface area contributed by atoms with Crippen LogP contribution in [0.3, 0.4) is 0 Å². The van der Waals surface area contributed by atoms with E-state index < -0.39 is 5.82 Å². The van der Waals surface area contributed by atoms with Crippen LogP contribution in [0.15, 0.2) is 18.2 Å². The lowest BCUT2D eigenvalue weighted by Crippen LogP contribution is -2.35. The largest absolute Gasteiger partial charge is 0.484 e. The van der Waals surface area contributed by atoms with Crippen LogP contribution >= 0.6 is 11.6 Å². The molecule has 0 radical (unpaired) electrons. The Morgan fingerprint density at radius 1 is 1.26 bits per heavy atom. The van der Waals surface area contributed by atoms with E-state index in [9.17, 15) is 9.18 Å². The Balaban J connectivity index is 1.86. The number of likely N-dealkylation sites (tertiary alicyclic amines) is 1. The molecule has 1 saturated heterocycles. The van der Waals surface area contributed by atoms with Gasteiger partial charge in [-0.25, -0.2) is 4.39 Å². The Morgan fingerprint density at radius 2 is 1.95 bits per heavy atom. The summed E-state index contributed by atoms with van der Waals surface area (Å²) >= 11 is 5.58. The second kappa shape index (κ2) is 6.75. The maximum Gasteiger partial charge on any atom is 0.260 e. The van der Waals surface area contributed by atoms with E-state index in [0.29, 0.717) is 5.75 Å². The van der Waals surface area contributed by atoms with Crippen molar-refractivity contribution < 1.29 is 13.9 Å². The van der Waals surface area contributed by atoms with Gasteiger partial charge in [-0.2, -0.15) is 0 Å². The first kappa shape index (κ1) is 14.1. The van der Waals surface area contributed by atoms with Crippen molar-refractivity contribution in [2.45, 2.75) is 25.7 Å². The van der Waals surface area contributed by atoms with E-state index >= 15 is 0 Å². The second-order valence-corrected chi connectivity index (χ2v) is 5.07. The molecule has 0 aromatic heterocycles. The van der Waals surface area contributed by atoms with Gasteiger partial charge in [-0.1, -0.05) is 24.4 Å². The highest BCUT2D eigenvalue weighted by Gasteiger charge is 2.16. The number of rotatable bonds is 3. The molecule has 0 bridgehead atoms. The Labute approximate surface area is 117 Å². The van der Waals surface area contributed by atoms with Gasteiger partial charge in [-0.05, 0) is 25.0 Å². The topological polar surface area (TPSA) is 29.5 Å². The van der Waals surface area contributed by atoms with Gasteiger partial charge in [0.2, 0.25) is 0 Å². The number of halogens is 2. The number of benzene rings is 1. The molecule has 104 valence electrons. The van der Waals surface area contributed by atoms with Crippen LogP contribution in [0.5, 0.6) is 5.75 Å². The third kappa shape index (κ3) is 4.10. The number of nitrogens with zero attached hydrogens (tertiary/aromatic N) is 1. The molecular weight excluding hydrogens is 269 g/mol. The van der Waals surface area contributed by atoms with Crippen LogP contribution in [-0.4, -0.2) is 30.5 Å². The van der Waals surface area contributed by atoms with Crippen molar-refractivity contribution in [2.75, 3.05) is 19.7 Å². The predicted octanol–water partition coefficient (Wildman–Crippen LogP) is 3.26. The van der Waals surface area contributed by atoms with Crippen molar-refractivity contribution in [1.29, 1.82) is 0 Å². The molecular formula is C14H17ClFNO2. The smallest absolute Gasteiger partial charge is 0.260 e. The van der Waals surface area contributed by atoms with E-state index in [1.54, 1.807) is 6.07 Å². The zero-order valence-electron chi connectivity index (χ0n) is 10.7. The highest BCUT2D eigenvalue weighted by atomic mass is 35.5. The maximum atomic E-state index is 13.2. The van der Waals surface area contributed by atoms with E-state index in [1.165, 1.54) is 25.0 Å². The van der Waals surface area contributed by atoms with E-state index in [0.717, 1.165) is 25.9 Å². The quantitative estimate of drug-likeness (QED) is 0.853. The Bertz CT molecular complexity index is 445. The van der Waals surface area contributed by atoms with Crippen LogP contribution in [0.2, 0.25) is 5.02 Å². The summed E-state index contributed by atoms with van der Waals surface area (Å²) in [7, 11) is 0. The van der Waals surface area contributed by atoms with Gasteiger partial charge in [0.25, 0.3) is 5.91 Å². The summed E-state index contributed by atoms with van der Waals surface area (Å²) < 4.78 is 18.5.